The zero-order valence-corrected chi connectivity index (χ0v) is 10.8. The van der Waals surface area contributed by atoms with E-state index in [0.29, 0.717) is 6.04 Å². The Morgan fingerprint density at radius 1 is 1.58 bits per heavy atom. The maximum absolute atomic E-state index is 5.84. The van der Waals surface area contributed by atoms with Crippen molar-refractivity contribution in [1.29, 1.82) is 0 Å². The fraction of sp³-hybridized carbons (Fsp3) is 0.500. The van der Waals surface area contributed by atoms with Crippen molar-refractivity contribution in [3.05, 3.63) is 19.2 Å². The van der Waals surface area contributed by atoms with Gasteiger partial charge in [-0.3, -0.25) is 0 Å². The molecule has 1 aromatic rings. The van der Waals surface area contributed by atoms with E-state index in [1.165, 1.54) is 4.88 Å². The third-order valence-electron chi connectivity index (χ3n) is 1.68. The standard InChI is InChI=1S/C8H11Br2NS/c1-2-5(11)3-6-4-7(9)8(10)12-6/h4-5H,2-3,11H2,1H3. The van der Waals surface area contributed by atoms with Gasteiger partial charge in [-0.2, -0.15) is 0 Å². The van der Waals surface area contributed by atoms with Crippen LogP contribution in [0.15, 0.2) is 14.3 Å². The van der Waals surface area contributed by atoms with Gasteiger partial charge in [0.2, 0.25) is 0 Å². The number of halogens is 2. The Labute approximate surface area is 93.6 Å². The molecule has 1 aromatic heterocycles. The summed E-state index contributed by atoms with van der Waals surface area (Å²) in [4.78, 5) is 1.34. The van der Waals surface area contributed by atoms with E-state index >= 15 is 0 Å². The topological polar surface area (TPSA) is 26.0 Å². The Bertz CT molecular complexity index is 240. The largest absolute Gasteiger partial charge is 0.327 e. The molecule has 0 bridgehead atoms. The van der Waals surface area contributed by atoms with Crippen molar-refractivity contribution < 1.29 is 0 Å². The Morgan fingerprint density at radius 2 is 2.25 bits per heavy atom. The molecule has 0 saturated heterocycles. The van der Waals surface area contributed by atoms with E-state index in [-0.39, 0.29) is 0 Å². The summed E-state index contributed by atoms with van der Waals surface area (Å²) in [7, 11) is 0. The summed E-state index contributed by atoms with van der Waals surface area (Å²) in [6, 6.07) is 2.42. The van der Waals surface area contributed by atoms with Gasteiger partial charge in [-0.15, -0.1) is 11.3 Å². The van der Waals surface area contributed by atoms with Crippen LogP contribution in [0.5, 0.6) is 0 Å². The van der Waals surface area contributed by atoms with Crippen LogP contribution in [0.1, 0.15) is 18.2 Å². The number of nitrogens with two attached hydrogens (primary N) is 1. The first kappa shape index (κ1) is 10.7. The highest BCUT2D eigenvalue weighted by Crippen LogP contribution is 2.32. The smallest absolute Gasteiger partial charge is 0.0843 e. The van der Waals surface area contributed by atoms with E-state index in [2.05, 4.69) is 44.8 Å². The summed E-state index contributed by atoms with van der Waals surface area (Å²) >= 11 is 8.66. The summed E-state index contributed by atoms with van der Waals surface area (Å²) in [6.07, 6.45) is 2.01. The zero-order valence-electron chi connectivity index (χ0n) is 6.81. The lowest BCUT2D eigenvalue weighted by molar-refractivity contribution is 0.652. The SMILES string of the molecule is CCC(N)Cc1cc(Br)c(Br)s1. The van der Waals surface area contributed by atoms with Gasteiger partial charge in [0, 0.05) is 15.4 Å². The summed E-state index contributed by atoms with van der Waals surface area (Å²) in [6.45, 7) is 2.11. The van der Waals surface area contributed by atoms with Gasteiger partial charge >= 0.3 is 0 Å². The van der Waals surface area contributed by atoms with Gasteiger partial charge in [-0.1, -0.05) is 6.92 Å². The summed E-state index contributed by atoms with van der Waals surface area (Å²) in [5.41, 5.74) is 5.84. The van der Waals surface area contributed by atoms with Crippen molar-refractivity contribution in [1.82, 2.24) is 0 Å². The Balaban J connectivity index is 2.64. The lowest BCUT2D eigenvalue weighted by atomic mass is 10.1. The van der Waals surface area contributed by atoms with Crippen molar-refractivity contribution >= 4 is 43.2 Å². The molecule has 0 saturated carbocycles. The second-order valence-corrected chi connectivity index (χ2v) is 6.02. The van der Waals surface area contributed by atoms with E-state index in [4.69, 9.17) is 5.73 Å². The van der Waals surface area contributed by atoms with Crippen molar-refractivity contribution in [2.75, 3.05) is 0 Å². The van der Waals surface area contributed by atoms with Crippen LogP contribution in [-0.4, -0.2) is 6.04 Å². The minimum Gasteiger partial charge on any atom is -0.327 e. The van der Waals surface area contributed by atoms with Crippen molar-refractivity contribution in [2.24, 2.45) is 5.73 Å². The van der Waals surface area contributed by atoms with Crippen LogP contribution >= 0.6 is 43.2 Å². The van der Waals surface area contributed by atoms with Gasteiger partial charge in [-0.05, 0) is 50.8 Å². The predicted octanol–water partition coefficient (Wildman–Crippen LogP) is 3.55. The van der Waals surface area contributed by atoms with Crippen molar-refractivity contribution in [2.45, 2.75) is 25.8 Å². The minimum atomic E-state index is 0.294. The highest BCUT2D eigenvalue weighted by molar-refractivity contribution is 9.13. The van der Waals surface area contributed by atoms with Crippen LogP contribution < -0.4 is 5.73 Å². The molecule has 1 rings (SSSR count). The number of rotatable bonds is 3. The van der Waals surface area contributed by atoms with Crippen LogP contribution in [0.3, 0.4) is 0 Å². The first-order valence-electron chi connectivity index (χ1n) is 3.82. The second-order valence-electron chi connectivity index (χ2n) is 2.71. The lowest BCUT2D eigenvalue weighted by Gasteiger charge is -2.04. The highest BCUT2D eigenvalue weighted by Gasteiger charge is 2.07. The number of hydrogen-bond donors (Lipinski definition) is 1. The normalized spacial score (nSPS) is 13.3. The molecule has 0 fully saturated rings. The monoisotopic (exact) mass is 311 g/mol. The molecule has 2 N–H and O–H groups in total. The molecular weight excluding hydrogens is 302 g/mol. The molecule has 0 aromatic carbocycles. The molecule has 1 nitrogen and oxygen atoms in total. The second kappa shape index (κ2) is 4.74. The number of hydrogen-bond acceptors (Lipinski definition) is 2. The first-order valence-corrected chi connectivity index (χ1v) is 6.23. The van der Waals surface area contributed by atoms with E-state index < -0.39 is 0 Å². The van der Waals surface area contributed by atoms with E-state index in [9.17, 15) is 0 Å². The fourth-order valence-electron chi connectivity index (χ4n) is 0.895. The van der Waals surface area contributed by atoms with Gasteiger partial charge in [-0.25, -0.2) is 0 Å². The molecule has 0 aliphatic heterocycles. The van der Waals surface area contributed by atoms with Gasteiger partial charge in [0.15, 0.2) is 0 Å². The Morgan fingerprint density at radius 3 is 2.67 bits per heavy atom. The van der Waals surface area contributed by atoms with Crippen LogP contribution in [0.4, 0.5) is 0 Å². The zero-order chi connectivity index (χ0) is 9.14. The van der Waals surface area contributed by atoms with Gasteiger partial charge in [0.25, 0.3) is 0 Å². The molecule has 4 heteroatoms. The van der Waals surface area contributed by atoms with Gasteiger partial charge in [0.05, 0.1) is 3.79 Å². The highest BCUT2D eigenvalue weighted by atomic mass is 79.9. The maximum atomic E-state index is 5.84. The van der Waals surface area contributed by atoms with E-state index in [1.807, 2.05) is 0 Å². The van der Waals surface area contributed by atoms with Crippen LogP contribution in [0.25, 0.3) is 0 Å². The van der Waals surface area contributed by atoms with E-state index in [0.717, 1.165) is 21.1 Å². The molecule has 0 amide bonds. The van der Waals surface area contributed by atoms with E-state index in [1.54, 1.807) is 11.3 Å². The predicted molar refractivity (Wildman–Crippen MR) is 61.7 cm³/mol. The van der Waals surface area contributed by atoms with Crippen LogP contribution in [-0.2, 0) is 6.42 Å². The average Bonchev–Trinajstić information content (AvgIpc) is 2.31. The van der Waals surface area contributed by atoms with Gasteiger partial charge in [0.1, 0.15) is 0 Å². The summed E-state index contributed by atoms with van der Waals surface area (Å²) in [5, 5.41) is 0. The Hall–Kier alpha value is 0.620. The third-order valence-corrected chi connectivity index (χ3v) is 4.96. The quantitative estimate of drug-likeness (QED) is 0.907. The Kier molecular flexibility index (Phi) is 4.23. The van der Waals surface area contributed by atoms with Crippen molar-refractivity contribution in [3.63, 3.8) is 0 Å². The molecular formula is C8H11Br2NS. The van der Waals surface area contributed by atoms with Crippen LogP contribution in [0.2, 0.25) is 0 Å². The molecule has 0 spiro atoms. The van der Waals surface area contributed by atoms with Crippen LogP contribution in [0, 0.1) is 0 Å². The lowest BCUT2D eigenvalue weighted by Crippen LogP contribution is -2.20. The first-order chi connectivity index (χ1) is 5.63. The fourth-order valence-corrected chi connectivity index (χ4v) is 3.16. The summed E-state index contributed by atoms with van der Waals surface area (Å²) < 4.78 is 2.28. The average molecular weight is 313 g/mol. The molecule has 1 unspecified atom stereocenters. The molecule has 0 radical (unpaired) electrons. The third kappa shape index (κ3) is 2.83. The molecule has 68 valence electrons. The summed E-state index contributed by atoms with van der Waals surface area (Å²) in [5.74, 6) is 0. The molecule has 0 aliphatic carbocycles. The van der Waals surface area contributed by atoms with Crippen molar-refractivity contribution in [3.8, 4) is 0 Å². The molecule has 1 atom stereocenters. The van der Waals surface area contributed by atoms with Gasteiger partial charge < -0.3 is 5.73 Å². The minimum absolute atomic E-state index is 0.294. The molecule has 0 aliphatic rings. The molecule has 1 heterocycles. The maximum Gasteiger partial charge on any atom is 0.0843 e. The molecule has 12 heavy (non-hydrogen) atoms. The number of thiophene rings is 1.